The molecule has 120 valence electrons. The lowest BCUT2D eigenvalue weighted by atomic mass is 9.93. The molecule has 0 atom stereocenters. The van der Waals surface area contributed by atoms with Gasteiger partial charge in [-0.1, -0.05) is 59.7 Å². The van der Waals surface area contributed by atoms with E-state index < -0.39 is 0 Å². The maximum Gasteiger partial charge on any atom is -0.0276 e. The van der Waals surface area contributed by atoms with E-state index in [1.54, 1.807) is 16.7 Å². The summed E-state index contributed by atoms with van der Waals surface area (Å²) in [5.41, 5.74) is 4.68. The van der Waals surface area contributed by atoms with Gasteiger partial charge in [0, 0.05) is 0 Å². The van der Waals surface area contributed by atoms with Crippen LogP contribution >= 0.6 is 0 Å². The van der Waals surface area contributed by atoms with Crippen molar-refractivity contribution in [3.8, 4) is 0 Å². The van der Waals surface area contributed by atoms with Crippen molar-refractivity contribution in [2.24, 2.45) is 17.8 Å². The molecule has 1 rings (SSSR count). The summed E-state index contributed by atoms with van der Waals surface area (Å²) in [6.07, 6.45) is 7.62. The van der Waals surface area contributed by atoms with Gasteiger partial charge >= 0.3 is 0 Å². The summed E-state index contributed by atoms with van der Waals surface area (Å²) in [4.78, 5) is 0. The second-order valence-corrected chi connectivity index (χ2v) is 7.96. The lowest BCUT2D eigenvalue weighted by Gasteiger charge is -2.13. The summed E-state index contributed by atoms with van der Waals surface area (Å²) in [7, 11) is 0. The smallest absolute Gasteiger partial charge is 0.0276 e. The summed E-state index contributed by atoms with van der Waals surface area (Å²) in [5, 5.41) is 0. The van der Waals surface area contributed by atoms with E-state index in [4.69, 9.17) is 0 Å². The molecule has 0 spiro atoms. The third-order valence-corrected chi connectivity index (χ3v) is 4.14. The molecule has 0 aliphatic heterocycles. The molecule has 0 aromatic heterocycles. The lowest BCUT2D eigenvalue weighted by molar-refractivity contribution is 0.576. The van der Waals surface area contributed by atoms with E-state index in [1.165, 1.54) is 38.5 Å². The average Bonchev–Trinajstić information content (AvgIpc) is 2.40. The molecule has 21 heavy (non-hydrogen) atoms. The highest BCUT2D eigenvalue weighted by Crippen LogP contribution is 2.19. The van der Waals surface area contributed by atoms with Gasteiger partial charge in [0.05, 0.1) is 0 Å². The zero-order chi connectivity index (χ0) is 15.8. The first-order chi connectivity index (χ1) is 9.86. The SMILES string of the molecule is CC(C)CCc1cc(CCC(C)C)cc(CCC(C)C)c1. The second-order valence-electron chi connectivity index (χ2n) is 7.96. The maximum atomic E-state index is 2.46. The molecule has 0 saturated heterocycles. The minimum absolute atomic E-state index is 0.795. The summed E-state index contributed by atoms with van der Waals surface area (Å²) in [5.74, 6) is 2.38. The Morgan fingerprint density at radius 2 is 0.762 bits per heavy atom. The third-order valence-electron chi connectivity index (χ3n) is 4.14. The van der Waals surface area contributed by atoms with Crippen LogP contribution in [0.15, 0.2) is 18.2 Å². The first-order valence-corrected chi connectivity index (χ1v) is 8.98. The highest BCUT2D eigenvalue weighted by Gasteiger charge is 2.05. The minimum Gasteiger partial charge on any atom is -0.0628 e. The van der Waals surface area contributed by atoms with Crippen molar-refractivity contribution in [1.29, 1.82) is 0 Å². The molecule has 0 fully saturated rings. The largest absolute Gasteiger partial charge is 0.0628 e. The molecule has 0 saturated carbocycles. The third kappa shape index (κ3) is 8.29. The molecular formula is C21H36. The number of rotatable bonds is 9. The van der Waals surface area contributed by atoms with Crippen LogP contribution in [0.4, 0.5) is 0 Å². The van der Waals surface area contributed by atoms with E-state index in [0.29, 0.717) is 0 Å². The van der Waals surface area contributed by atoms with E-state index in [-0.39, 0.29) is 0 Å². The predicted molar refractivity (Wildman–Crippen MR) is 95.9 cm³/mol. The Morgan fingerprint density at radius 1 is 0.524 bits per heavy atom. The molecular weight excluding hydrogens is 252 g/mol. The number of hydrogen-bond acceptors (Lipinski definition) is 0. The Kier molecular flexibility index (Phi) is 8.07. The monoisotopic (exact) mass is 288 g/mol. The van der Waals surface area contributed by atoms with Crippen molar-refractivity contribution in [3.63, 3.8) is 0 Å². The fourth-order valence-electron chi connectivity index (χ4n) is 2.64. The molecule has 0 bridgehead atoms. The van der Waals surface area contributed by atoms with Gasteiger partial charge in [-0.05, 0) is 73.0 Å². The molecule has 0 radical (unpaired) electrons. The summed E-state index contributed by atoms with van der Waals surface area (Å²) >= 11 is 0. The van der Waals surface area contributed by atoms with Gasteiger partial charge in [-0.15, -0.1) is 0 Å². The summed E-state index contributed by atoms with van der Waals surface area (Å²) in [6.45, 7) is 13.9. The van der Waals surface area contributed by atoms with Crippen molar-refractivity contribution < 1.29 is 0 Å². The molecule has 0 amide bonds. The highest BCUT2D eigenvalue weighted by atomic mass is 14.1. The zero-order valence-electron chi connectivity index (χ0n) is 15.2. The molecule has 0 heteroatoms. The molecule has 0 nitrogen and oxygen atoms in total. The Bertz CT molecular complexity index is 324. The Balaban J connectivity index is 2.79. The van der Waals surface area contributed by atoms with E-state index in [0.717, 1.165) is 17.8 Å². The fourth-order valence-corrected chi connectivity index (χ4v) is 2.64. The van der Waals surface area contributed by atoms with Crippen LogP contribution in [-0.4, -0.2) is 0 Å². The predicted octanol–water partition coefficient (Wildman–Crippen LogP) is 6.45. The van der Waals surface area contributed by atoms with E-state index in [9.17, 15) is 0 Å². The molecule has 0 aliphatic carbocycles. The van der Waals surface area contributed by atoms with E-state index in [2.05, 4.69) is 59.7 Å². The molecule has 0 unspecified atom stereocenters. The van der Waals surface area contributed by atoms with Crippen molar-refractivity contribution in [3.05, 3.63) is 34.9 Å². The zero-order valence-corrected chi connectivity index (χ0v) is 15.2. The molecule has 0 N–H and O–H groups in total. The summed E-state index contributed by atoms with van der Waals surface area (Å²) in [6, 6.07) is 7.39. The van der Waals surface area contributed by atoms with Crippen LogP contribution in [-0.2, 0) is 19.3 Å². The van der Waals surface area contributed by atoms with Crippen molar-refractivity contribution in [2.45, 2.75) is 80.1 Å². The molecule has 1 aromatic carbocycles. The van der Waals surface area contributed by atoms with Gasteiger partial charge in [-0.25, -0.2) is 0 Å². The Labute approximate surface area is 133 Å². The topological polar surface area (TPSA) is 0 Å². The number of aryl methyl sites for hydroxylation is 3. The van der Waals surface area contributed by atoms with Gasteiger partial charge in [0.15, 0.2) is 0 Å². The van der Waals surface area contributed by atoms with Gasteiger partial charge in [-0.3, -0.25) is 0 Å². The fraction of sp³-hybridized carbons (Fsp3) is 0.714. The maximum absolute atomic E-state index is 2.46. The van der Waals surface area contributed by atoms with Gasteiger partial charge < -0.3 is 0 Å². The normalized spacial score (nSPS) is 11.9. The average molecular weight is 289 g/mol. The second kappa shape index (κ2) is 9.28. The highest BCUT2D eigenvalue weighted by molar-refractivity contribution is 5.31. The molecule has 1 aromatic rings. The van der Waals surface area contributed by atoms with Gasteiger partial charge in [0.1, 0.15) is 0 Å². The van der Waals surface area contributed by atoms with Crippen LogP contribution in [0.5, 0.6) is 0 Å². The van der Waals surface area contributed by atoms with E-state index >= 15 is 0 Å². The molecule has 0 aliphatic rings. The van der Waals surface area contributed by atoms with E-state index in [1.807, 2.05) is 0 Å². The summed E-state index contributed by atoms with van der Waals surface area (Å²) < 4.78 is 0. The number of benzene rings is 1. The quantitative estimate of drug-likeness (QED) is 0.489. The number of hydrogen-bond donors (Lipinski definition) is 0. The van der Waals surface area contributed by atoms with Crippen molar-refractivity contribution in [2.75, 3.05) is 0 Å². The van der Waals surface area contributed by atoms with Gasteiger partial charge in [0.2, 0.25) is 0 Å². The first-order valence-electron chi connectivity index (χ1n) is 8.98. The van der Waals surface area contributed by atoms with Gasteiger partial charge in [-0.2, -0.15) is 0 Å². The van der Waals surface area contributed by atoms with Crippen LogP contribution < -0.4 is 0 Å². The Hall–Kier alpha value is -0.780. The molecule has 0 heterocycles. The first kappa shape index (κ1) is 18.3. The van der Waals surface area contributed by atoms with Crippen LogP contribution in [0.2, 0.25) is 0 Å². The van der Waals surface area contributed by atoms with Crippen molar-refractivity contribution >= 4 is 0 Å². The minimum atomic E-state index is 0.795. The van der Waals surface area contributed by atoms with Crippen molar-refractivity contribution in [1.82, 2.24) is 0 Å². The van der Waals surface area contributed by atoms with Crippen LogP contribution in [0.3, 0.4) is 0 Å². The van der Waals surface area contributed by atoms with Crippen LogP contribution in [0.1, 0.15) is 77.5 Å². The van der Waals surface area contributed by atoms with Crippen LogP contribution in [0, 0.1) is 17.8 Å². The standard InChI is InChI=1S/C21H36/c1-16(2)7-10-19-13-20(11-8-17(3)4)15-21(14-19)12-9-18(5)6/h13-18H,7-12H2,1-6H3. The van der Waals surface area contributed by atoms with Gasteiger partial charge in [0.25, 0.3) is 0 Å². The van der Waals surface area contributed by atoms with Crippen LogP contribution in [0.25, 0.3) is 0 Å². The lowest BCUT2D eigenvalue weighted by Crippen LogP contribution is -2.00. The Morgan fingerprint density at radius 3 is 0.952 bits per heavy atom.